The van der Waals surface area contributed by atoms with Crippen molar-refractivity contribution in [3.63, 3.8) is 0 Å². The monoisotopic (exact) mass is 316 g/mol. The van der Waals surface area contributed by atoms with Crippen LogP contribution in [0.25, 0.3) is 0 Å². The maximum Gasteiger partial charge on any atom is 0.325 e. The first-order valence-corrected chi connectivity index (χ1v) is 7.74. The number of rotatable bonds is 4. The Labute approximate surface area is 121 Å². The van der Waals surface area contributed by atoms with Crippen molar-refractivity contribution in [2.45, 2.75) is 11.4 Å². The molecule has 21 heavy (non-hydrogen) atoms. The molecule has 0 bridgehead atoms. The van der Waals surface area contributed by atoms with E-state index in [4.69, 9.17) is 4.74 Å². The molecule has 2 rings (SSSR count). The van der Waals surface area contributed by atoms with Crippen molar-refractivity contribution in [3.05, 3.63) is 28.7 Å². The SMILES string of the molecule is COC(=O)Cn1cc(S(=O)(=O)N2CCOCC2)ccc1=O. The van der Waals surface area contributed by atoms with E-state index in [0.717, 1.165) is 16.8 Å². The van der Waals surface area contributed by atoms with Crippen molar-refractivity contribution in [1.82, 2.24) is 8.87 Å². The summed E-state index contributed by atoms with van der Waals surface area (Å²) >= 11 is 0. The van der Waals surface area contributed by atoms with Gasteiger partial charge in [-0.3, -0.25) is 9.59 Å². The van der Waals surface area contributed by atoms with Gasteiger partial charge >= 0.3 is 5.97 Å². The number of nitrogens with zero attached hydrogens (tertiary/aromatic N) is 2. The number of carbonyl (C=O) groups is 1. The van der Waals surface area contributed by atoms with E-state index in [1.165, 1.54) is 17.5 Å². The Morgan fingerprint density at radius 1 is 1.33 bits per heavy atom. The van der Waals surface area contributed by atoms with Crippen LogP contribution in [0.5, 0.6) is 0 Å². The van der Waals surface area contributed by atoms with Crippen LogP contribution in [-0.4, -0.2) is 56.7 Å². The van der Waals surface area contributed by atoms with E-state index in [0.29, 0.717) is 13.2 Å². The molecule has 2 heterocycles. The van der Waals surface area contributed by atoms with Gasteiger partial charge in [-0.15, -0.1) is 0 Å². The van der Waals surface area contributed by atoms with Crippen molar-refractivity contribution in [2.75, 3.05) is 33.4 Å². The first-order valence-electron chi connectivity index (χ1n) is 6.30. The normalized spacial score (nSPS) is 16.6. The highest BCUT2D eigenvalue weighted by Crippen LogP contribution is 2.15. The first-order chi connectivity index (χ1) is 9.95. The Morgan fingerprint density at radius 3 is 2.62 bits per heavy atom. The quantitative estimate of drug-likeness (QED) is 0.664. The Morgan fingerprint density at radius 2 is 2.00 bits per heavy atom. The summed E-state index contributed by atoms with van der Waals surface area (Å²) in [5, 5.41) is 0. The van der Waals surface area contributed by atoms with Crippen molar-refractivity contribution in [1.29, 1.82) is 0 Å². The zero-order valence-corrected chi connectivity index (χ0v) is 12.3. The fourth-order valence-electron chi connectivity index (χ4n) is 1.93. The summed E-state index contributed by atoms with van der Waals surface area (Å²) in [6, 6.07) is 2.36. The van der Waals surface area contributed by atoms with Crippen molar-refractivity contribution >= 4 is 16.0 Å². The third kappa shape index (κ3) is 3.49. The Kier molecular flexibility index (Phi) is 4.76. The van der Waals surface area contributed by atoms with Crippen LogP contribution in [0.4, 0.5) is 0 Å². The van der Waals surface area contributed by atoms with Gasteiger partial charge in [-0.25, -0.2) is 8.42 Å². The number of pyridine rings is 1. The average molecular weight is 316 g/mol. The standard InChI is InChI=1S/C12H16N2O6S/c1-19-12(16)9-13-8-10(2-3-11(13)15)21(17,18)14-4-6-20-7-5-14/h2-3,8H,4-7,9H2,1H3. The molecule has 0 aromatic carbocycles. The minimum atomic E-state index is -3.70. The van der Waals surface area contributed by atoms with Crippen LogP contribution in [0.1, 0.15) is 0 Å². The summed E-state index contributed by atoms with van der Waals surface area (Å²) in [6.07, 6.45) is 1.16. The number of sulfonamides is 1. The predicted octanol–water partition coefficient (Wildman–Crippen LogP) is -0.958. The van der Waals surface area contributed by atoms with E-state index in [-0.39, 0.29) is 24.5 Å². The number of methoxy groups -OCH3 is 1. The maximum atomic E-state index is 12.4. The van der Waals surface area contributed by atoms with Gasteiger partial charge in [0.1, 0.15) is 6.54 Å². The Balaban J connectivity index is 2.33. The summed E-state index contributed by atoms with van der Waals surface area (Å²) in [7, 11) is -2.51. The van der Waals surface area contributed by atoms with Crippen molar-refractivity contribution < 1.29 is 22.7 Å². The van der Waals surface area contributed by atoms with E-state index in [1.807, 2.05) is 0 Å². The molecule has 0 amide bonds. The molecule has 1 saturated heterocycles. The van der Waals surface area contributed by atoms with Crippen LogP contribution < -0.4 is 5.56 Å². The molecule has 0 atom stereocenters. The fraction of sp³-hybridized carbons (Fsp3) is 0.500. The lowest BCUT2D eigenvalue weighted by Crippen LogP contribution is -2.41. The van der Waals surface area contributed by atoms with Gasteiger partial charge in [0.15, 0.2) is 0 Å². The molecule has 9 heteroatoms. The number of morpholine rings is 1. The highest BCUT2D eigenvalue weighted by Gasteiger charge is 2.26. The molecule has 0 saturated carbocycles. The molecule has 0 aliphatic carbocycles. The maximum absolute atomic E-state index is 12.4. The third-order valence-corrected chi connectivity index (χ3v) is 4.97. The van der Waals surface area contributed by atoms with Gasteiger partial charge in [0, 0.05) is 25.4 Å². The predicted molar refractivity (Wildman–Crippen MR) is 72.3 cm³/mol. The largest absolute Gasteiger partial charge is 0.468 e. The van der Waals surface area contributed by atoms with Gasteiger partial charge in [-0.1, -0.05) is 0 Å². The second-order valence-electron chi connectivity index (χ2n) is 4.42. The van der Waals surface area contributed by atoms with Gasteiger partial charge in [0.25, 0.3) is 5.56 Å². The van der Waals surface area contributed by atoms with E-state index >= 15 is 0 Å². The highest BCUT2D eigenvalue weighted by molar-refractivity contribution is 7.89. The lowest BCUT2D eigenvalue weighted by Gasteiger charge is -2.26. The summed E-state index contributed by atoms with van der Waals surface area (Å²) in [6.45, 7) is 0.862. The zero-order valence-electron chi connectivity index (χ0n) is 11.5. The summed E-state index contributed by atoms with van der Waals surface area (Å²) in [5.74, 6) is -0.627. The van der Waals surface area contributed by atoms with Gasteiger partial charge in [0.05, 0.1) is 25.2 Å². The smallest absolute Gasteiger partial charge is 0.325 e. The fourth-order valence-corrected chi connectivity index (χ4v) is 3.35. The van der Waals surface area contributed by atoms with E-state index < -0.39 is 21.6 Å². The van der Waals surface area contributed by atoms with Crippen molar-refractivity contribution in [3.8, 4) is 0 Å². The van der Waals surface area contributed by atoms with E-state index in [9.17, 15) is 18.0 Å². The topological polar surface area (TPSA) is 94.9 Å². The number of esters is 1. The lowest BCUT2D eigenvalue weighted by atomic mass is 10.4. The number of carbonyl (C=O) groups excluding carboxylic acids is 1. The second kappa shape index (κ2) is 6.37. The Bertz CT molecular complexity index is 675. The molecule has 1 aliphatic rings. The van der Waals surface area contributed by atoms with Gasteiger partial charge in [-0.05, 0) is 6.07 Å². The van der Waals surface area contributed by atoms with Crippen LogP contribution in [0.15, 0.2) is 28.0 Å². The van der Waals surface area contributed by atoms with Gasteiger partial charge < -0.3 is 14.0 Å². The Hall–Kier alpha value is -1.71. The molecule has 1 aromatic rings. The van der Waals surface area contributed by atoms with E-state index in [2.05, 4.69) is 4.74 Å². The molecule has 1 aromatic heterocycles. The number of aromatic nitrogens is 1. The average Bonchev–Trinajstić information content (AvgIpc) is 2.50. The summed E-state index contributed by atoms with van der Waals surface area (Å²) in [4.78, 5) is 22.9. The first kappa shape index (κ1) is 15.7. The third-order valence-electron chi connectivity index (χ3n) is 3.09. The number of hydrogen-bond donors (Lipinski definition) is 0. The number of hydrogen-bond acceptors (Lipinski definition) is 6. The van der Waals surface area contributed by atoms with Crippen LogP contribution >= 0.6 is 0 Å². The second-order valence-corrected chi connectivity index (χ2v) is 6.36. The molecule has 116 valence electrons. The molecule has 1 aliphatic heterocycles. The molecular weight excluding hydrogens is 300 g/mol. The molecule has 0 radical (unpaired) electrons. The van der Waals surface area contributed by atoms with Crippen LogP contribution in [0.3, 0.4) is 0 Å². The van der Waals surface area contributed by atoms with Gasteiger partial charge in [0.2, 0.25) is 10.0 Å². The zero-order chi connectivity index (χ0) is 15.5. The lowest BCUT2D eigenvalue weighted by molar-refractivity contribution is -0.141. The molecule has 0 unspecified atom stereocenters. The van der Waals surface area contributed by atoms with Crippen LogP contribution in [-0.2, 0) is 30.8 Å². The molecule has 0 spiro atoms. The minimum absolute atomic E-state index is 0.0343. The molecule has 0 N–H and O–H groups in total. The molecule has 8 nitrogen and oxygen atoms in total. The minimum Gasteiger partial charge on any atom is -0.468 e. The number of ether oxygens (including phenoxy) is 2. The molecule has 1 fully saturated rings. The highest BCUT2D eigenvalue weighted by atomic mass is 32.2. The van der Waals surface area contributed by atoms with Crippen LogP contribution in [0, 0.1) is 0 Å². The van der Waals surface area contributed by atoms with E-state index in [1.54, 1.807) is 0 Å². The molecular formula is C12H16N2O6S. The van der Waals surface area contributed by atoms with Crippen LogP contribution in [0.2, 0.25) is 0 Å². The van der Waals surface area contributed by atoms with Gasteiger partial charge in [-0.2, -0.15) is 4.31 Å². The van der Waals surface area contributed by atoms with Crippen molar-refractivity contribution in [2.24, 2.45) is 0 Å². The summed E-state index contributed by atoms with van der Waals surface area (Å²) < 4.78 is 36.8. The summed E-state index contributed by atoms with van der Waals surface area (Å²) in [5.41, 5.74) is -0.471.